The van der Waals surface area contributed by atoms with Gasteiger partial charge in [0.25, 0.3) is 0 Å². The van der Waals surface area contributed by atoms with Crippen molar-refractivity contribution in [1.29, 1.82) is 0 Å². The lowest BCUT2D eigenvalue weighted by Gasteiger charge is -2.20. The first-order chi connectivity index (χ1) is 8.85. The minimum Gasteiger partial charge on any atom is -0.252 e. The van der Waals surface area contributed by atoms with Crippen LogP contribution in [0.4, 0.5) is 0 Å². The largest absolute Gasteiger partial charge is 0.252 e. The summed E-state index contributed by atoms with van der Waals surface area (Å²) in [5, 5.41) is 2.30. The fraction of sp³-hybridized carbons (Fsp3) is 0.438. The highest BCUT2D eigenvalue weighted by molar-refractivity contribution is 9.08. The van der Waals surface area contributed by atoms with Gasteiger partial charge >= 0.3 is 0 Å². The number of para-hydroxylation sites is 1. The molecule has 1 aliphatic carbocycles. The van der Waals surface area contributed by atoms with E-state index in [1.54, 1.807) is 0 Å². The molecule has 1 aliphatic rings. The normalized spacial score (nSPS) is 14.8. The van der Waals surface area contributed by atoms with Gasteiger partial charge in [0.15, 0.2) is 0 Å². The lowest BCUT2D eigenvalue weighted by atomic mass is 9.90. The highest BCUT2D eigenvalue weighted by Gasteiger charge is 2.18. The van der Waals surface area contributed by atoms with Gasteiger partial charge in [-0.1, -0.05) is 41.1 Å². The minimum atomic E-state index is 0.946. The number of halogens is 1. The maximum atomic E-state index is 4.97. The first-order valence-electron chi connectivity index (χ1n) is 6.83. The molecule has 0 atom stereocenters. The Hall–Kier alpha value is -0.890. The van der Waals surface area contributed by atoms with Crippen LogP contribution in [0.5, 0.6) is 0 Å². The van der Waals surface area contributed by atoms with Gasteiger partial charge in [0.1, 0.15) is 0 Å². The monoisotopic (exact) mass is 303 g/mol. The number of benzene rings is 1. The third-order valence-electron chi connectivity index (χ3n) is 4.01. The van der Waals surface area contributed by atoms with E-state index in [-0.39, 0.29) is 0 Å². The van der Waals surface area contributed by atoms with Crippen LogP contribution in [0.25, 0.3) is 10.9 Å². The molecule has 0 aliphatic heterocycles. The van der Waals surface area contributed by atoms with E-state index in [0.717, 1.165) is 18.2 Å². The maximum Gasteiger partial charge on any atom is 0.0740 e. The SMILES string of the molecule is CCc1cccc2c(CBr)c3c(nc12)CCCC3. The lowest BCUT2D eigenvalue weighted by Crippen LogP contribution is -2.09. The zero-order valence-corrected chi connectivity index (χ0v) is 12.4. The van der Waals surface area contributed by atoms with Crippen LogP contribution < -0.4 is 0 Å². The first-order valence-corrected chi connectivity index (χ1v) is 7.95. The molecule has 0 radical (unpaired) electrons. The van der Waals surface area contributed by atoms with E-state index < -0.39 is 0 Å². The summed E-state index contributed by atoms with van der Waals surface area (Å²) in [4.78, 5) is 4.97. The van der Waals surface area contributed by atoms with Crippen LogP contribution >= 0.6 is 15.9 Å². The number of hydrogen-bond acceptors (Lipinski definition) is 1. The van der Waals surface area contributed by atoms with Gasteiger partial charge in [-0.2, -0.15) is 0 Å². The minimum absolute atomic E-state index is 0.946. The zero-order valence-electron chi connectivity index (χ0n) is 10.8. The van der Waals surface area contributed by atoms with Crippen molar-refractivity contribution in [3.63, 3.8) is 0 Å². The molecule has 0 saturated heterocycles. The van der Waals surface area contributed by atoms with E-state index in [4.69, 9.17) is 4.98 Å². The Bertz CT molecular complexity index is 589. The van der Waals surface area contributed by atoms with Crippen molar-refractivity contribution in [2.75, 3.05) is 0 Å². The Morgan fingerprint density at radius 1 is 1.22 bits per heavy atom. The Kier molecular flexibility index (Phi) is 3.38. The van der Waals surface area contributed by atoms with Crippen molar-refractivity contribution in [2.45, 2.75) is 44.4 Å². The molecule has 0 spiro atoms. The molecule has 2 aromatic rings. The van der Waals surface area contributed by atoms with Crippen molar-refractivity contribution in [3.05, 3.63) is 40.6 Å². The predicted molar refractivity (Wildman–Crippen MR) is 80.4 cm³/mol. The molecule has 1 aromatic carbocycles. The molecule has 0 fully saturated rings. The van der Waals surface area contributed by atoms with Gasteiger partial charge in [0, 0.05) is 16.4 Å². The number of fused-ring (bicyclic) bond motifs is 2. The van der Waals surface area contributed by atoms with Gasteiger partial charge < -0.3 is 0 Å². The third-order valence-corrected chi connectivity index (χ3v) is 4.57. The number of aromatic nitrogens is 1. The van der Waals surface area contributed by atoms with Gasteiger partial charge in [-0.15, -0.1) is 0 Å². The van der Waals surface area contributed by atoms with Crippen molar-refractivity contribution in [2.24, 2.45) is 0 Å². The maximum absolute atomic E-state index is 4.97. The molecule has 18 heavy (non-hydrogen) atoms. The zero-order chi connectivity index (χ0) is 12.5. The topological polar surface area (TPSA) is 12.9 Å². The van der Waals surface area contributed by atoms with Crippen molar-refractivity contribution in [1.82, 2.24) is 4.98 Å². The van der Waals surface area contributed by atoms with Crippen molar-refractivity contribution >= 4 is 26.8 Å². The van der Waals surface area contributed by atoms with E-state index >= 15 is 0 Å². The number of alkyl halides is 1. The molecule has 1 nitrogen and oxygen atoms in total. The van der Waals surface area contributed by atoms with Crippen LogP contribution in [0.15, 0.2) is 18.2 Å². The van der Waals surface area contributed by atoms with Crippen LogP contribution in [0.2, 0.25) is 0 Å². The van der Waals surface area contributed by atoms with Crippen LogP contribution in [0.1, 0.15) is 42.1 Å². The molecular weight excluding hydrogens is 286 g/mol. The summed E-state index contributed by atoms with van der Waals surface area (Å²) < 4.78 is 0. The molecule has 0 unspecified atom stereocenters. The average Bonchev–Trinajstić information content (AvgIpc) is 2.44. The molecule has 2 heteroatoms. The fourth-order valence-electron chi connectivity index (χ4n) is 3.04. The van der Waals surface area contributed by atoms with Crippen LogP contribution in [0.3, 0.4) is 0 Å². The van der Waals surface area contributed by atoms with Gasteiger partial charge in [-0.25, -0.2) is 0 Å². The van der Waals surface area contributed by atoms with Crippen LogP contribution in [-0.4, -0.2) is 4.98 Å². The number of pyridine rings is 1. The second-order valence-corrected chi connectivity index (χ2v) is 5.58. The van der Waals surface area contributed by atoms with E-state index in [1.165, 1.54) is 52.5 Å². The number of nitrogens with zero attached hydrogens (tertiary/aromatic N) is 1. The molecule has 1 heterocycles. The Morgan fingerprint density at radius 2 is 2.06 bits per heavy atom. The van der Waals surface area contributed by atoms with Crippen LogP contribution in [-0.2, 0) is 24.6 Å². The summed E-state index contributed by atoms with van der Waals surface area (Å²) in [7, 11) is 0. The first kappa shape index (κ1) is 12.2. The summed E-state index contributed by atoms with van der Waals surface area (Å²) in [6.07, 6.45) is 6.03. The summed E-state index contributed by atoms with van der Waals surface area (Å²) in [6.45, 7) is 2.21. The number of hydrogen-bond donors (Lipinski definition) is 0. The van der Waals surface area contributed by atoms with E-state index in [1.807, 2.05) is 0 Å². The summed E-state index contributed by atoms with van der Waals surface area (Å²) >= 11 is 3.68. The van der Waals surface area contributed by atoms with E-state index in [2.05, 4.69) is 41.1 Å². The van der Waals surface area contributed by atoms with Gasteiger partial charge in [-0.05, 0) is 48.8 Å². The van der Waals surface area contributed by atoms with Gasteiger partial charge in [0.05, 0.1) is 5.52 Å². The molecule has 0 saturated carbocycles. The molecular formula is C16H18BrN. The summed E-state index contributed by atoms with van der Waals surface area (Å²) in [5.74, 6) is 0. The highest BCUT2D eigenvalue weighted by Crippen LogP contribution is 2.32. The molecule has 0 amide bonds. The quantitative estimate of drug-likeness (QED) is 0.741. The Balaban J connectivity index is 2.36. The van der Waals surface area contributed by atoms with E-state index in [9.17, 15) is 0 Å². The number of aryl methyl sites for hydroxylation is 2. The Labute approximate surface area is 117 Å². The fourth-order valence-corrected chi connectivity index (χ4v) is 3.68. The molecule has 3 rings (SSSR count). The number of rotatable bonds is 2. The second kappa shape index (κ2) is 5.00. The molecule has 1 aromatic heterocycles. The van der Waals surface area contributed by atoms with Crippen LogP contribution in [0, 0.1) is 0 Å². The van der Waals surface area contributed by atoms with Crippen molar-refractivity contribution < 1.29 is 0 Å². The standard InChI is InChI=1S/C16H18BrN/c1-2-11-6-5-8-13-14(10-17)12-7-3-4-9-15(12)18-16(11)13/h5-6,8H,2-4,7,9-10H2,1H3. The summed E-state index contributed by atoms with van der Waals surface area (Å²) in [6, 6.07) is 6.61. The van der Waals surface area contributed by atoms with Crippen molar-refractivity contribution in [3.8, 4) is 0 Å². The summed E-state index contributed by atoms with van der Waals surface area (Å²) in [5.41, 5.74) is 6.95. The van der Waals surface area contributed by atoms with E-state index in [0.29, 0.717) is 0 Å². The molecule has 0 N–H and O–H groups in total. The molecule has 0 bridgehead atoms. The predicted octanol–water partition coefficient (Wildman–Crippen LogP) is 4.57. The third kappa shape index (κ3) is 1.87. The smallest absolute Gasteiger partial charge is 0.0740 e. The Morgan fingerprint density at radius 3 is 2.83 bits per heavy atom. The second-order valence-electron chi connectivity index (χ2n) is 5.02. The van der Waals surface area contributed by atoms with Gasteiger partial charge in [0.2, 0.25) is 0 Å². The average molecular weight is 304 g/mol. The lowest BCUT2D eigenvalue weighted by molar-refractivity contribution is 0.667. The van der Waals surface area contributed by atoms with Gasteiger partial charge in [-0.3, -0.25) is 4.98 Å². The molecule has 94 valence electrons. The highest BCUT2D eigenvalue weighted by atomic mass is 79.9.